The lowest BCUT2D eigenvalue weighted by Crippen LogP contribution is -2.23. The zero-order chi connectivity index (χ0) is 9.72. The van der Waals surface area contributed by atoms with Gasteiger partial charge >= 0.3 is 0 Å². The van der Waals surface area contributed by atoms with Gasteiger partial charge in [0.2, 0.25) is 11.8 Å². The molecule has 0 fully saturated rings. The standard InChI is InChI=1S/C8H16N2O2/c1-5(3-7(9)11)6(2)4-8(10)12/h5-6H,3-4H2,1-2H3,(H2,9,11)(H2,10,12). The highest BCUT2D eigenvalue weighted by Gasteiger charge is 2.16. The van der Waals surface area contributed by atoms with E-state index >= 15 is 0 Å². The maximum atomic E-state index is 10.5. The van der Waals surface area contributed by atoms with Crippen molar-refractivity contribution in [3.8, 4) is 0 Å². The first kappa shape index (κ1) is 10.9. The number of hydrogen-bond acceptors (Lipinski definition) is 2. The molecule has 0 aliphatic carbocycles. The summed E-state index contributed by atoms with van der Waals surface area (Å²) >= 11 is 0. The van der Waals surface area contributed by atoms with Crippen molar-refractivity contribution >= 4 is 11.8 Å². The van der Waals surface area contributed by atoms with Gasteiger partial charge in [-0.1, -0.05) is 13.8 Å². The Labute approximate surface area is 72.3 Å². The highest BCUT2D eigenvalue weighted by Crippen LogP contribution is 2.17. The number of rotatable bonds is 5. The number of nitrogens with two attached hydrogens (primary N) is 2. The van der Waals surface area contributed by atoms with Crippen molar-refractivity contribution < 1.29 is 9.59 Å². The van der Waals surface area contributed by atoms with Gasteiger partial charge in [-0.2, -0.15) is 0 Å². The van der Waals surface area contributed by atoms with E-state index in [9.17, 15) is 9.59 Å². The molecule has 4 heteroatoms. The Morgan fingerprint density at radius 2 is 1.25 bits per heavy atom. The van der Waals surface area contributed by atoms with Gasteiger partial charge in [-0.25, -0.2) is 0 Å². The van der Waals surface area contributed by atoms with E-state index in [1.165, 1.54) is 0 Å². The molecule has 0 aromatic carbocycles. The molecule has 2 amide bonds. The van der Waals surface area contributed by atoms with Crippen LogP contribution in [0.25, 0.3) is 0 Å². The van der Waals surface area contributed by atoms with Crippen LogP contribution in [0.2, 0.25) is 0 Å². The van der Waals surface area contributed by atoms with Crippen LogP contribution in [0, 0.1) is 11.8 Å². The minimum atomic E-state index is -0.334. The summed E-state index contributed by atoms with van der Waals surface area (Å²) in [6.07, 6.45) is 0.628. The van der Waals surface area contributed by atoms with E-state index in [2.05, 4.69) is 0 Å². The molecule has 0 spiro atoms. The summed E-state index contributed by atoms with van der Waals surface area (Å²) in [7, 11) is 0. The SMILES string of the molecule is CC(CC(N)=O)C(C)CC(N)=O. The fourth-order valence-electron chi connectivity index (χ4n) is 1.04. The van der Waals surface area contributed by atoms with Gasteiger partial charge in [0.1, 0.15) is 0 Å². The van der Waals surface area contributed by atoms with E-state index in [1.807, 2.05) is 13.8 Å². The smallest absolute Gasteiger partial charge is 0.217 e. The zero-order valence-electron chi connectivity index (χ0n) is 7.54. The molecule has 0 heterocycles. The molecule has 0 saturated heterocycles. The van der Waals surface area contributed by atoms with E-state index in [0.29, 0.717) is 12.8 Å². The van der Waals surface area contributed by atoms with Crippen LogP contribution in [0.15, 0.2) is 0 Å². The largest absolute Gasteiger partial charge is 0.370 e. The van der Waals surface area contributed by atoms with Crippen LogP contribution < -0.4 is 11.5 Å². The second-order valence-electron chi connectivity index (χ2n) is 3.30. The molecule has 2 atom stereocenters. The van der Waals surface area contributed by atoms with Crippen LogP contribution in [0.4, 0.5) is 0 Å². The fraction of sp³-hybridized carbons (Fsp3) is 0.750. The van der Waals surface area contributed by atoms with Crippen molar-refractivity contribution in [3.05, 3.63) is 0 Å². The molecule has 0 saturated carbocycles. The Bertz CT molecular complexity index is 160. The van der Waals surface area contributed by atoms with Crippen LogP contribution in [0.5, 0.6) is 0 Å². The predicted molar refractivity (Wildman–Crippen MR) is 46.0 cm³/mol. The van der Waals surface area contributed by atoms with Crippen molar-refractivity contribution in [1.29, 1.82) is 0 Å². The minimum Gasteiger partial charge on any atom is -0.370 e. The van der Waals surface area contributed by atoms with Crippen LogP contribution >= 0.6 is 0 Å². The molecule has 0 bridgehead atoms. The van der Waals surface area contributed by atoms with Gasteiger partial charge in [0.25, 0.3) is 0 Å². The van der Waals surface area contributed by atoms with E-state index in [4.69, 9.17) is 11.5 Å². The molecule has 0 aromatic heterocycles. The normalized spacial score (nSPS) is 15.2. The molecule has 2 unspecified atom stereocenters. The van der Waals surface area contributed by atoms with E-state index in [-0.39, 0.29) is 23.7 Å². The fourth-order valence-corrected chi connectivity index (χ4v) is 1.04. The summed E-state index contributed by atoms with van der Waals surface area (Å²) in [5.41, 5.74) is 10.0. The number of carbonyl (C=O) groups excluding carboxylic acids is 2. The van der Waals surface area contributed by atoms with Crippen molar-refractivity contribution in [2.24, 2.45) is 23.3 Å². The van der Waals surface area contributed by atoms with Gasteiger partial charge < -0.3 is 11.5 Å². The number of hydrogen-bond donors (Lipinski definition) is 2. The summed E-state index contributed by atoms with van der Waals surface area (Å²) < 4.78 is 0. The summed E-state index contributed by atoms with van der Waals surface area (Å²) in [4.78, 5) is 21.0. The Hall–Kier alpha value is -1.06. The second kappa shape index (κ2) is 4.74. The average Bonchev–Trinajstić information content (AvgIpc) is 1.84. The number of carbonyl (C=O) groups is 2. The molecule has 4 N–H and O–H groups in total. The van der Waals surface area contributed by atoms with Crippen LogP contribution in [-0.2, 0) is 9.59 Å². The van der Waals surface area contributed by atoms with Crippen molar-refractivity contribution in [1.82, 2.24) is 0 Å². The Morgan fingerprint density at radius 3 is 1.42 bits per heavy atom. The van der Waals surface area contributed by atoms with Gasteiger partial charge in [0.15, 0.2) is 0 Å². The van der Waals surface area contributed by atoms with Gasteiger partial charge in [0.05, 0.1) is 0 Å². The van der Waals surface area contributed by atoms with Crippen LogP contribution in [0.1, 0.15) is 26.7 Å². The van der Waals surface area contributed by atoms with Crippen molar-refractivity contribution in [3.63, 3.8) is 0 Å². The number of amides is 2. The summed E-state index contributed by atoms with van der Waals surface area (Å²) in [5, 5.41) is 0. The molecule has 0 aliphatic rings. The van der Waals surface area contributed by atoms with Crippen LogP contribution in [0.3, 0.4) is 0 Å². The second-order valence-corrected chi connectivity index (χ2v) is 3.30. The topological polar surface area (TPSA) is 86.2 Å². The van der Waals surface area contributed by atoms with Gasteiger partial charge in [-0.05, 0) is 11.8 Å². The molecular formula is C8H16N2O2. The number of primary amides is 2. The van der Waals surface area contributed by atoms with Gasteiger partial charge in [0, 0.05) is 12.8 Å². The van der Waals surface area contributed by atoms with Crippen LogP contribution in [-0.4, -0.2) is 11.8 Å². The van der Waals surface area contributed by atoms with E-state index < -0.39 is 0 Å². The quantitative estimate of drug-likeness (QED) is 0.612. The Morgan fingerprint density at radius 1 is 1.00 bits per heavy atom. The van der Waals surface area contributed by atoms with Gasteiger partial charge in [-0.15, -0.1) is 0 Å². The minimum absolute atomic E-state index is 0.120. The first-order valence-corrected chi connectivity index (χ1v) is 4.00. The molecule has 12 heavy (non-hydrogen) atoms. The molecule has 4 nitrogen and oxygen atoms in total. The lowest BCUT2D eigenvalue weighted by molar-refractivity contribution is -0.121. The molecule has 0 rings (SSSR count). The lowest BCUT2D eigenvalue weighted by atomic mass is 9.90. The van der Waals surface area contributed by atoms with Crippen molar-refractivity contribution in [2.75, 3.05) is 0 Å². The van der Waals surface area contributed by atoms with E-state index in [1.54, 1.807) is 0 Å². The summed E-state index contributed by atoms with van der Waals surface area (Å²) in [6.45, 7) is 3.77. The molecular weight excluding hydrogens is 156 g/mol. The highest BCUT2D eigenvalue weighted by atomic mass is 16.1. The van der Waals surface area contributed by atoms with E-state index in [0.717, 1.165) is 0 Å². The average molecular weight is 172 g/mol. The van der Waals surface area contributed by atoms with Gasteiger partial charge in [-0.3, -0.25) is 9.59 Å². The third kappa shape index (κ3) is 4.71. The predicted octanol–water partition coefficient (Wildman–Crippen LogP) is 0.00940. The maximum absolute atomic E-state index is 10.5. The lowest BCUT2D eigenvalue weighted by Gasteiger charge is -2.16. The molecule has 0 aromatic rings. The highest BCUT2D eigenvalue weighted by molar-refractivity contribution is 5.75. The summed E-state index contributed by atoms with van der Waals surface area (Å²) in [5.74, 6) is -0.428. The summed E-state index contributed by atoms with van der Waals surface area (Å²) in [6, 6.07) is 0. The first-order valence-electron chi connectivity index (χ1n) is 4.00. The maximum Gasteiger partial charge on any atom is 0.217 e. The molecule has 0 radical (unpaired) electrons. The third-order valence-corrected chi connectivity index (χ3v) is 2.02. The first-order chi connectivity index (χ1) is 5.43. The monoisotopic (exact) mass is 172 g/mol. The Kier molecular flexibility index (Phi) is 4.33. The van der Waals surface area contributed by atoms with Crippen molar-refractivity contribution in [2.45, 2.75) is 26.7 Å². The molecule has 70 valence electrons. The Balaban J connectivity index is 3.83. The molecule has 0 aliphatic heterocycles. The zero-order valence-corrected chi connectivity index (χ0v) is 7.54. The third-order valence-electron chi connectivity index (χ3n) is 2.02.